The molecule has 0 saturated heterocycles. The number of hydrogen-bond donors (Lipinski definition) is 1. The fourth-order valence-electron chi connectivity index (χ4n) is 2.16. The minimum Gasteiger partial charge on any atom is -0.383 e. The Kier molecular flexibility index (Phi) is 4.37. The van der Waals surface area contributed by atoms with Crippen LogP contribution in [0.2, 0.25) is 0 Å². The molecule has 18 heavy (non-hydrogen) atoms. The van der Waals surface area contributed by atoms with E-state index in [9.17, 15) is 0 Å². The molecule has 0 radical (unpaired) electrons. The van der Waals surface area contributed by atoms with Gasteiger partial charge >= 0.3 is 0 Å². The van der Waals surface area contributed by atoms with Gasteiger partial charge in [0.1, 0.15) is 5.01 Å². The highest BCUT2D eigenvalue weighted by Crippen LogP contribution is 2.25. The lowest BCUT2D eigenvalue weighted by molar-refractivity contribution is 0.540. The van der Waals surface area contributed by atoms with Gasteiger partial charge in [0.05, 0.1) is 0 Å². The molecule has 0 aliphatic rings. The van der Waals surface area contributed by atoms with E-state index in [1.807, 2.05) is 11.6 Å². The molecule has 2 aromatic rings. The van der Waals surface area contributed by atoms with Gasteiger partial charge in [-0.15, -0.1) is 11.3 Å². The van der Waals surface area contributed by atoms with Gasteiger partial charge in [-0.2, -0.15) is 0 Å². The quantitative estimate of drug-likeness (QED) is 0.846. The van der Waals surface area contributed by atoms with Crippen LogP contribution in [0.4, 0.5) is 5.69 Å². The molecule has 0 spiro atoms. The maximum Gasteiger partial charge on any atom is 0.123 e. The molecule has 96 valence electrons. The molecule has 2 rings (SSSR count). The van der Waals surface area contributed by atoms with Crippen molar-refractivity contribution in [3.05, 3.63) is 35.8 Å². The number of anilines is 1. The van der Waals surface area contributed by atoms with Crippen molar-refractivity contribution in [1.82, 2.24) is 4.98 Å². The summed E-state index contributed by atoms with van der Waals surface area (Å²) in [7, 11) is 0. The Morgan fingerprint density at radius 1 is 1.28 bits per heavy atom. The van der Waals surface area contributed by atoms with Crippen LogP contribution in [0.5, 0.6) is 0 Å². The Bertz CT molecular complexity index is 477. The number of hydrogen-bond acceptors (Lipinski definition) is 3. The maximum atomic E-state index is 4.35. The van der Waals surface area contributed by atoms with Gasteiger partial charge < -0.3 is 5.32 Å². The first kappa shape index (κ1) is 13.1. The second-order valence-corrected chi connectivity index (χ2v) is 5.99. The van der Waals surface area contributed by atoms with Crippen LogP contribution in [0.3, 0.4) is 0 Å². The molecule has 1 aromatic carbocycles. The average Bonchev–Trinajstić information content (AvgIpc) is 2.81. The summed E-state index contributed by atoms with van der Waals surface area (Å²) in [6.07, 6.45) is 3.03. The fourth-order valence-corrected chi connectivity index (χ4v) is 2.79. The SMILES string of the molecule is CC(C)CC(C)Nc1cccc(-c2nccs2)c1. The van der Waals surface area contributed by atoms with E-state index in [2.05, 4.69) is 55.3 Å². The number of benzene rings is 1. The van der Waals surface area contributed by atoms with Crippen molar-refractivity contribution >= 4 is 17.0 Å². The van der Waals surface area contributed by atoms with E-state index >= 15 is 0 Å². The second-order valence-electron chi connectivity index (χ2n) is 5.09. The van der Waals surface area contributed by atoms with E-state index in [0.717, 1.165) is 10.9 Å². The van der Waals surface area contributed by atoms with Crippen molar-refractivity contribution < 1.29 is 0 Å². The Hall–Kier alpha value is -1.35. The molecule has 1 unspecified atom stereocenters. The number of thiazole rings is 1. The van der Waals surface area contributed by atoms with Crippen molar-refractivity contribution in [2.75, 3.05) is 5.32 Å². The van der Waals surface area contributed by atoms with Gasteiger partial charge in [-0.05, 0) is 31.4 Å². The smallest absolute Gasteiger partial charge is 0.123 e. The summed E-state index contributed by atoms with van der Waals surface area (Å²) >= 11 is 1.68. The van der Waals surface area contributed by atoms with Crippen LogP contribution in [0.25, 0.3) is 10.6 Å². The second kappa shape index (κ2) is 6.01. The number of aromatic nitrogens is 1. The predicted octanol–water partition coefficient (Wildman–Crippen LogP) is 4.66. The summed E-state index contributed by atoms with van der Waals surface area (Å²) in [6, 6.07) is 8.98. The Balaban J connectivity index is 2.08. The molecule has 1 N–H and O–H groups in total. The van der Waals surface area contributed by atoms with Crippen molar-refractivity contribution in [1.29, 1.82) is 0 Å². The third-order valence-electron chi connectivity index (χ3n) is 2.78. The molecule has 3 heteroatoms. The van der Waals surface area contributed by atoms with E-state index in [1.54, 1.807) is 11.3 Å². The van der Waals surface area contributed by atoms with E-state index in [1.165, 1.54) is 17.7 Å². The van der Waals surface area contributed by atoms with Crippen LogP contribution >= 0.6 is 11.3 Å². The Morgan fingerprint density at radius 2 is 2.11 bits per heavy atom. The van der Waals surface area contributed by atoms with Gasteiger partial charge in [-0.3, -0.25) is 0 Å². The van der Waals surface area contributed by atoms with E-state index in [4.69, 9.17) is 0 Å². The van der Waals surface area contributed by atoms with Gasteiger partial charge in [0.15, 0.2) is 0 Å². The van der Waals surface area contributed by atoms with Crippen LogP contribution in [0.1, 0.15) is 27.2 Å². The topological polar surface area (TPSA) is 24.9 Å². The highest BCUT2D eigenvalue weighted by Gasteiger charge is 2.06. The minimum atomic E-state index is 0.497. The van der Waals surface area contributed by atoms with Gasteiger partial charge in [0, 0.05) is 28.9 Å². The van der Waals surface area contributed by atoms with E-state index < -0.39 is 0 Å². The van der Waals surface area contributed by atoms with Crippen LogP contribution in [0, 0.1) is 5.92 Å². The molecule has 0 saturated carbocycles. The van der Waals surface area contributed by atoms with Crippen LogP contribution < -0.4 is 5.32 Å². The molecular weight excluding hydrogens is 240 g/mol. The van der Waals surface area contributed by atoms with E-state index in [-0.39, 0.29) is 0 Å². The Morgan fingerprint density at radius 3 is 2.78 bits per heavy atom. The molecule has 0 aliphatic heterocycles. The summed E-state index contributed by atoms with van der Waals surface area (Å²) in [6.45, 7) is 6.74. The summed E-state index contributed by atoms with van der Waals surface area (Å²) in [5, 5.41) is 6.64. The van der Waals surface area contributed by atoms with Crippen molar-refractivity contribution in [3.8, 4) is 10.6 Å². The number of rotatable bonds is 5. The van der Waals surface area contributed by atoms with Gasteiger partial charge in [0.2, 0.25) is 0 Å². The molecular formula is C15H20N2S. The summed E-state index contributed by atoms with van der Waals surface area (Å²) in [5.74, 6) is 0.717. The largest absolute Gasteiger partial charge is 0.383 e. The standard InChI is InChI=1S/C15H20N2S/c1-11(2)9-12(3)17-14-6-4-5-13(10-14)15-16-7-8-18-15/h4-8,10-12,17H,9H2,1-3H3. The maximum absolute atomic E-state index is 4.35. The fraction of sp³-hybridized carbons (Fsp3) is 0.400. The van der Waals surface area contributed by atoms with Gasteiger partial charge in [-0.25, -0.2) is 4.98 Å². The normalized spacial score (nSPS) is 12.7. The summed E-state index contributed by atoms with van der Waals surface area (Å²) in [4.78, 5) is 4.35. The first-order chi connectivity index (χ1) is 8.65. The number of nitrogens with one attached hydrogen (secondary N) is 1. The van der Waals surface area contributed by atoms with Crippen molar-refractivity contribution in [2.24, 2.45) is 5.92 Å². The van der Waals surface area contributed by atoms with Crippen LogP contribution in [-0.2, 0) is 0 Å². The molecule has 0 amide bonds. The zero-order valence-electron chi connectivity index (χ0n) is 11.2. The van der Waals surface area contributed by atoms with Crippen molar-refractivity contribution in [3.63, 3.8) is 0 Å². The molecule has 2 nitrogen and oxygen atoms in total. The van der Waals surface area contributed by atoms with Gasteiger partial charge in [0.25, 0.3) is 0 Å². The summed E-state index contributed by atoms with van der Waals surface area (Å²) in [5.41, 5.74) is 2.36. The third-order valence-corrected chi connectivity index (χ3v) is 3.60. The monoisotopic (exact) mass is 260 g/mol. The lowest BCUT2D eigenvalue weighted by Gasteiger charge is -2.17. The molecule has 1 heterocycles. The lowest BCUT2D eigenvalue weighted by atomic mass is 10.0. The first-order valence-electron chi connectivity index (χ1n) is 6.41. The van der Waals surface area contributed by atoms with Gasteiger partial charge in [-0.1, -0.05) is 26.0 Å². The number of nitrogens with zero attached hydrogens (tertiary/aromatic N) is 1. The lowest BCUT2D eigenvalue weighted by Crippen LogP contribution is -2.17. The zero-order valence-corrected chi connectivity index (χ0v) is 12.0. The first-order valence-corrected chi connectivity index (χ1v) is 7.29. The zero-order chi connectivity index (χ0) is 13.0. The molecule has 0 aliphatic carbocycles. The molecule has 1 aromatic heterocycles. The average molecular weight is 260 g/mol. The molecule has 0 bridgehead atoms. The van der Waals surface area contributed by atoms with Crippen LogP contribution in [0.15, 0.2) is 35.8 Å². The minimum absolute atomic E-state index is 0.497. The molecule has 0 fully saturated rings. The predicted molar refractivity (Wildman–Crippen MR) is 80.1 cm³/mol. The van der Waals surface area contributed by atoms with Crippen LogP contribution in [-0.4, -0.2) is 11.0 Å². The molecule has 1 atom stereocenters. The van der Waals surface area contributed by atoms with E-state index in [0.29, 0.717) is 6.04 Å². The van der Waals surface area contributed by atoms with Crippen molar-refractivity contribution in [2.45, 2.75) is 33.2 Å². The third kappa shape index (κ3) is 3.57. The highest BCUT2D eigenvalue weighted by molar-refractivity contribution is 7.13. The Labute approximate surface area is 113 Å². The summed E-state index contributed by atoms with van der Waals surface area (Å²) < 4.78 is 0. The highest BCUT2D eigenvalue weighted by atomic mass is 32.1.